The van der Waals surface area contributed by atoms with Gasteiger partial charge in [-0.05, 0) is 30.2 Å². The first-order valence-electron chi connectivity index (χ1n) is 11.5. The van der Waals surface area contributed by atoms with Crippen LogP contribution in [0.3, 0.4) is 0 Å². The van der Waals surface area contributed by atoms with Gasteiger partial charge in [0.15, 0.2) is 17.2 Å². The van der Waals surface area contributed by atoms with Crippen LogP contribution in [0.25, 0.3) is 10.9 Å². The van der Waals surface area contributed by atoms with Gasteiger partial charge in [0.05, 0.1) is 5.52 Å². The lowest BCUT2D eigenvalue weighted by Gasteiger charge is -2.25. The Kier molecular flexibility index (Phi) is 6.61. The molecular formula is C27H24N4O5. The molecule has 1 aliphatic heterocycles. The van der Waals surface area contributed by atoms with Crippen LogP contribution in [0.5, 0.6) is 17.4 Å². The molecule has 9 nitrogen and oxygen atoms in total. The third-order valence-electron chi connectivity index (χ3n) is 5.86. The van der Waals surface area contributed by atoms with Crippen molar-refractivity contribution in [2.24, 2.45) is 10.2 Å². The first-order chi connectivity index (χ1) is 17.6. The van der Waals surface area contributed by atoms with E-state index in [0.29, 0.717) is 29.9 Å². The molecule has 1 aromatic heterocycles. The molecule has 2 heterocycles. The minimum Gasteiger partial charge on any atom is -0.493 e. The number of aromatic nitrogens is 1. The summed E-state index contributed by atoms with van der Waals surface area (Å²) in [7, 11) is 0. The summed E-state index contributed by atoms with van der Waals surface area (Å²) < 4.78 is 12.9. The summed E-state index contributed by atoms with van der Waals surface area (Å²) in [5.41, 5.74) is 2.13. The van der Waals surface area contributed by atoms with Crippen LogP contribution in [0, 0.1) is 0 Å². The highest BCUT2D eigenvalue weighted by Gasteiger charge is 2.27. The number of carbonyl (C=O) groups excluding carboxylic acids is 2. The zero-order valence-corrected chi connectivity index (χ0v) is 19.3. The number of benzene rings is 3. The molecule has 36 heavy (non-hydrogen) atoms. The number of rotatable bonds is 7. The fraction of sp³-hybridized carbons (Fsp3) is 0.185. The third kappa shape index (κ3) is 4.90. The predicted octanol–water partition coefficient (Wildman–Crippen LogP) is 4.16. The summed E-state index contributed by atoms with van der Waals surface area (Å²) in [6.07, 6.45) is -0.164. The van der Waals surface area contributed by atoms with Crippen molar-refractivity contribution in [3.05, 3.63) is 84.4 Å². The minimum atomic E-state index is -0.878. The molecular weight excluding hydrogens is 460 g/mol. The molecule has 0 saturated carbocycles. The Bertz CT molecular complexity index is 1430. The molecule has 4 aromatic rings. The van der Waals surface area contributed by atoms with Gasteiger partial charge in [0, 0.05) is 11.9 Å². The predicted molar refractivity (Wildman–Crippen MR) is 133 cm³/mol. The number of hydrogen-bond acceptors (Lipinski definition) is 6. The van der Waals surface area contributed by atoms with Crippen molar-refractivity contribution >= 4 is 28.4 Å². The number of nitrogens with one attached hydrogen (secondary N) is 1. The molecule has 0 aliphatic carbocycles. The Morgan fingerprint density at radius 3 is 2.53 bits per heavy atom. The molecule has 182 valence electrons. The van der Waals surface area contributed by atoms with Crippen LogP contribution >= 0.6 is 0 Å². The van der Waals surface area contributed by atoms with E-state index in [1.807, 2.05) is 60.7 Å². The number of aryl methyl sites for hydroxylation is 2. The van der Waals surface area contributed by atoms with Crippen molar-refractivity contribution in [3.8, 4) is 17.4 Å². The summed E-state index contributed by atoms with van der Waals surface area (Å²) in [6.45, 7) is 0.203. The number of fused-ring (bicyclic) bond motifs is 2. The van der Waals surface area contributed by atoms with Gasteiger partial charge in [-0.25, -0.2) is 0 Å². The van der Waals surface area contributed by atoms with Crippen molar-refractivity contribution in [1.29, 1.82) is 0 Å². The molecule has 0 bridgehead atoms. The number of carbonyl (C=O) groups is 2. The van der Waals surface area contributed by atoms with Crippen LogP contribution in [0.2, 0.25) is 0 Å². The maximum atomic E-state index is 12.4. The molecule has 0 fully saturated rings. The highest BCUT2D eigenvalue weighted by atomic mass is 16.6. The zero-order valence-electron chi connectivity index (χ0n) is 19.3. The monoisotopic (exact) mass is 484 g/mol. The van der Waals surface area contributed by atoms with Gasteiger partial charge in [-0.15, -0.1) is 10.2 Å². The Labute approximate surface area is 207 Å². The van der Waals surface area contributed by atoms with Gasteiger partial charge in [-0.2, -0.15) is 0 Å². The standard InChI is InChI=1S/C27H24N4O5/c32-24(16-28-26(33)23-17-35-21-12-6-7-13-22(21)36-23)29-30-25-19-10-4-5-11-20(19)31(27(25)34)15-14-18-8-2-1-3-9-18/h1-13,23,34H,14-17H2,(H,28,33)/t23-/m1/s1. The van der Waals surface area contributed by atoms with Crippen molar-refractivity contribution in [2.75, 3.05) is 13.2 Å². The van der Waals surface area contributed by atoms with Gasteiger partial charge < -0.3 is 24.5 Å². The van der Waals surface area contributed by atoms with Crippen molar-refractivity contribution < 1.29 is 24.2 Å². The molecule has 5 rings (SSSR count). The molecule has 2 N–H and O–H groups in total. The minimum absolute atomic E-state index is 0.0366. The first kappa shape index (κ1) is 23.1. The Hall–Kier alpha value is -4.66. The number of ether oxygens (including phenoxy) is 2. The summed E-state index contributed by atoms with van der Waals surface area (Å²) in [5, 5.41) is 21.8. The van der Waals surface area contributed by atoms with Gasteiger partial charge in [-0.1, -0.05) is 60.7 Å². The highest BCUT2D eigenvalue weighted by Crippen LogP contribution is 2.39. The number of para-hydroxylation sites is 3. The molecule has 0 spiro atoms. The lowest BCUT2D eigenvalue weighted by Crippen LogP contribution is -2.45. The van der Waals surface area contributed by atoms with E-state index in [4.69, 9.17) is 9.47 Å². The summed E-state index contributed by atoms with van der Waals surface area (Å²) >= 11 is 0. The fourth-order valence-corrected chi connectivity index (χ4v) is 4.05. The van der Waals surface area contributed by atoms with Gasteiger partial charge in [-0.3, -0.25) is 9.59 Å². The zero-order chi connectivity index (χ0) is 24.9. The number of nitrogens with zero attached hydrogens (tertiary/aromatic N) is 3. The number of aromatic hydroxyl groups is 1. The van der Waals surface area contributed by atoms with Gasteiger partial charge in [0.1, 0.15) is 13.2 Å². The van der Waals surface area contributed by atoms with Gasteiger partial charge >= 0.3 is 0 Å². The molecule has 2 amide bonds. The third-order valence-corrected chi connectivity index (χ3v) is 5.86. The lowest BCUT2D eigenvalue weighted by atomic mass is 10.1. The molecule has 9 heteroatoms. The summed E-state index contributed by atoms with van der Waals surface area (Å²) in [6, 6.07) is 24.4. The van der Waals surface area contributed by atoms with Crippen LogP contribution in [0.4, 0.5) is 5.69 Å². The molecule has 0 unspecified atom stereocenters. The van der Waals surface area contributed by atoms with Crippen LogP contribution in [0.15, 0.2) is 89.1 Å². The quantitative estimate of drug-likeness (QED) is 0.383. The van der Waals surface area contributed by atoms with E-state index in [2.05, 4.69) is 15.5 Å². The number of azo groups is 1. The average Bonchev–Trinajstić information content (AvgIpc) is 3.19. The second-order valence-corrected chi connectivity index (χ2v) is 8.25. The smallest absolute Gasteiger partial charge is 0.283 e. The van der Waals surface area contributed by atoms with Crippen molar-refractivity contribution in [1.82, 2.24) is 9.88 Å². The second kappa shape index (κ2) is 10.3. The van der Waals surface area contributed by atoms with E-state index in [1.54, 1.807) is 22.8 Å². The Morgan fingerprint density at radius 2 is 1.69 bits per heavy atom. The largest absolute Gasteiger partial charge is 0.493 e. The van der Waals surface area contributed by atoms with Crippen molar-refractivity contribution in [3.63, 3.8) is 0 Å². The summed E-state index contributed by atoms with van der Waals surface area (Å²) in [4.78, 5) is 24.8. The van der Waals surface area contributed by atoms with Gasteiger partial charge in [0.25, 0.3) is 11.8 Å². The fourth-order valence-electron chi connectivity index (χ4n) is 4.05. The van der Waals surface area contributed by atoms with E-state index < -0.39 is 17.9 Å². The van der Waals surface area contributed by atoms with E-state index >= 15 is 0 Å². The van der Waals surface area contributed by atoms with Gasteiger partial charge in [0.2, 0.25) is 12.0 Å². The molecule has 3 aromatic carbocycles. The van der Waals surface area contributed by atoms with Crippen LogP contribution in [-0.4, -0.2) is 40.7 Å². The lowest BCUT2D eigenvalue weighted by molar-refractivity contribution is -0.132. The first-order valence-corrected chi connectivity index (χ1v) is 11.5. The maximum Gasteiger partial charge on any atom is 0.283 e. The maximum absolute atomic E-state index is 12.4. The molecule has 1 atom stereocenters. The van der Waals surface area contributed by atoms with Crippen molar-refractivity contribution in [2.45, 2.75) is 19.1 Å². The van der Waals surface area contributed by atoms with E-state index in [1.165, 1.54) is 0 Å². The van der Waals surface area contributed by atoms with Crippen LogP contribution in [-0.2, 0) is 22.6 Å². The molecule has 0 saturated heterocycles. The van der Waals surface area contributed by atoms with Crippen LogP contribution in [0.1, 0.15) is 5.56 Å². The molecule has 0 radical (unpaired) electrons. The van der Waals surface area contributed by atoms with E-state index in [9.17, 15) is 14.7 Å². The van der Waals surface area contributed by atoms with E-state index in [0.717, 1.165) is 11.1 Å². The topological polar surface area (TPSA) is 115 Å². The number of amides is 2. The highest BCUT2D eigenvalue weighted by molar-refractivity contribution is 5.95. The Morgan fingerprint density at radius 1 is 0.972 bits per heavy atom. The molecule has 1 aliphatic rings. The summed E-state index contributed by atoms with van der Waals surface area (Å²) in [5.74, 6) is -0.197. The Balaban J connectivity index is 1.24. The van der Waals surface area contributed by atoms with Crippen LogP contribution < -0.4 is 14.8 Å². The normalized spacial score (nSPS) is 14.7. The average molecular weight is 485 g/mol. The SMILES string of the molecule is O=C(CNC(=O)[C@H]1COc2ccccc2O1)N=Nc1c(O)n(CCc2ccccc2)c2ccccc12. The van der Waals surface area contributed by atoms with E-state index in [-0.39, 0.29) is 24.7 Å². The second-order valence-electron chi connectivity index (χ2n) is 8.25. The number of hydrogen-bond donors (Lipinski definition) is 2.